The van der Waals surface area contributed by atoms with Gasteiger partial charge in [0.15, 0.2) is 19.0 Å². The third-order valence-corrected chi connectivity index (χ3v) is 3.88. The number of rotatable bonds is 9. The topological polar surface area (TPSA) is 125 Å². The minimum Gasteiger partial charge on any atom is -0.482 e. The number of nitrogens with zero attached hydrogens (tertiary/aromatic N) is 1. The Morgan fingerprint density at radius 1 is 1.10 bits per heavy atom. The number of nitrogens with one attached hydrogen (secondary N) is 1. The van der Waals surface area contributed by atoms with Crippen molar-refractivity contribution in [1.29, 1.82) is 0 Å². The van der Waals surface area contributed by atoms with Crippen LogP contribution in [0.5, 0.6) is 5.75 Å². The van der Waals surface area contributed by atoms with Crippen LogP contribution in [0.3, 0.4) is 0 Å². The number of nitro benzene ring substituents is 1. The number of Topliss-reactive ketones (excluding diaryl/α,β-unsaturated/α-hetero) is 1. The highest BCUT2D eigenvalue weighted by Gasteiger charge is 2.17. The first-order chi connectivity index (χ1) is 13.8. The second kappa shape index (κ2) is 10.2. The fraction of sp³-hybridized carbons (Fsp3) is 0.211. The Hall–Kier alpha value is -3.46. The molecule has 0 aliphatic rings. The average molecular weight is 421 g/mol. The number of carbonyl (C=O) groups is 3. The lowest BCUT2D eigenvalue weighted by atomic mass is 10.1. The number of ether oxygens (including phenoxy) is 2. The summed E-state index contributed by atoms with van der Waals surface area (Å²) in [6, 6.07) is 10.00. The number of ketones is 1. The molecule has 2 aromatic carbocycles. The molecule has 2 aromatic rings. The maximum absolute atomic E-state index is 11.9. The summed E-state index contributed by atoms with van der Waals surface area (Å²) in [7, 11) is 0. The van der Waals surface area contributed by atoms with Crippen molar-refractivity contribution >= 4 is 40.6 Å². The van der Waals surface area contributed by atoms with Gasteiger partial charge in [0, 0.05) is 23.1 Å². The zero-order chi connectivity index (χ0) is 21.4. The molecule has 29 heavy (non-hydrogen) atoms. The number of benzene rings is 2. The van der Waals surface area contributed by atoms with Crippen LogP contribution in [0, 0.1) is 10.1 Å². The van der Waals surface area contributed by atoms with Crippen LogP contribution in [0.1, 0.15) is 23.7 Å². The summed E-state index contributed by atoms with van der Waals surface area (Å²) < 4.78 is 10.0. The van der Waals surface area contributed by atoms with Crippen LogP contribution in [0.2, 0.25) is 5.02 Å². The molecule has 0 spiro atoms. The zero-order valence-corrected chi connectivity index (χ0v) is 16.1. The highest BCUT2D eigenvalue weighted by Crippen LogP contribution is 2.27. The molecule has 0 saturated carbocycles. The third kappa shape index (κ3) is 6.58. The normalized spacial score (nSPS) is 10.1. The number of amides is 1. The summed E-state index contributed by atoms with van der Waals surface area (Å²) in [5.74, 6) is -1.22. The molecular weight excluding hydrogens is 404 g/mol. The van der Waals surface area contributed by atoms with Crippen molar-refractivity contribution in [2.24, 2.45) is 0 Å². The minimum atomic E-state index is -0.806. The van der Waals surface area contributed by atoms with E-state index in [-0.39, 0.29) is 22.2 Å². The molecule has 0 fully saturated rings. The monoisotopic (exact) mass is 420 g/mol. The molecule has 1 amide bonds. The number of esters is 1. The van der Waals surface area contributed by atoms with Crippen LogP contribution >= 0.6 is 11.6 Å². The van der Waals surface area contributed by atoms with Gasteiger partial charge in [-0.25, -0.2) is 4.79 Å². The SMILES string of the molecule is CCC(=O)c1ccc(OCC(=O)OCC(=O)Nc2ccc(Cl)cc2[N+](=O)[O-])cc1. The van der Waals surface area contributed by atoms with Crippen LogP contribution in [0.15, 0.2) is 42.5 Å². The molecule has 0 bridgehead atoms. The van der Waals surface area contributed by atoms with E-state index in [0.717, 1.165) is 6.07 Å². The van der Waals surface area contributed by atoms with Crippen molar-refractivity contribution in [3.63, 3.8) is 0 Å². The quantitative estimate of drug-likeness (QED) is 0.285. The Kier molecular flexibility index (Phi) is 7.67. The van der Waals surface area contributed by atoms with Crippen LogP contribution in [-0.2, 0) is 14.3 Å². The second-order valence-electron chi connectivity index (χ2n) is 5.72. The Morgan fingerprint density at radius 2 is 1.79 bits per heavy atom. The number of halogens is 1. The van der Waals surface area contributed by atoms with Crippen LogP contribution in [0.4, 0.5) is 11.4 Å². The second-order valence-corrected chi connectivity index (χ2v) is 6.15. The molecule has 0 radical (unpaired) electrons. The van der Waals surface area contributed by atoms with Gasteiger partial charge in [-0.2, -0.15) is 0 Å². The van der Waals surface area contributed by atoms with E-state index in [1.165, 1.54) is 12.1 Å². The van der Waals surface area contributed by atoms with Crippen LogP contribution in [0.25, 0.3) is 0 Å². The first kappa shape index (κ1) is 21.8. The van der Waals surface area contributed by atoms with Gasteiger partial charge >= 0.3 is 5.97 Å². The first-order valence-electron chi connectivity index (χ1n) is 8.45. The summed E-state index contributed by atoms with van der Waals surface area (Å²) >= 11 is 5.70. The maximum Gasteiger partial charge on any atom is 0.344 e. The van der Waals surface area contributed by atoms with Crippen molar-refractivity contribution in [2.45, 2.75) is 13.3 Å². The number of hydrogen-bond donors (Lipinski definition) is 1. The summed E-state index contributed by atoms with van der Waals surface area (Å²) in [6.07, 6.45) is 0.383. The summed E-state index contributed by atoms with van der Waals surface area (Å²) in [5.41, 5.74) is 0.0827. The van der Waals surface area contributed by atoms with E-state index in [1.54, 1.807) is 31.2 Å². The van der Waals surface area contributed by atoms with Gasteiger partial charge in [-0.1, -0.05) is 18.5 Å². The van der Waals surface area contributed by atoms with Crippen LogP contribution < -0.4 is 10.1 Å². The smallest absolute Gasteiger partial charge is 0.344 e. The Labute approximate surface area is 170 Å². The molecule has 2 rings (SSSR count). The van der Waals surface area contributed by atoms with E-state index in [1.807, 2.05) is 0 Å². The summed E-state index contributed by atoms with van der Waals surface area (Å²) in [6.45, 7) is 0.658. The molecule has 152 valence electrons. The van der Waals surface area contributed by atoms with Gasteiger partial charge < -0.3 is 14.8 Å². The predicted octanol–water partition coefficient (Wildman–Crippen LogP) is 3.40. The maximum atomic E-state index is 11.9. The van der Waals surface area contributed by atoms with Crippen molar-refractivity contribution in [3.8, 4) is 5.75 Å². The van der Waals surface area contributed by atoms with Gasteiger partial charge in [0.2, 0.25) is 0 Å². The van der Waals surface area contributed by atoms with Crippen LogP contribution in [-0.4, -0.2) is 35.8 Å². The van der Waals surface area contributed by atoms with E-state index in [2.05, 4.69) is 5.32 Å². The summed E-state index contributed by atoms with van der Waals surface area (Å²) in [5, 5.41) is 13.4. The lowest BCUT2D eigenvalue weighted by Gasteiger charge is -2.09. The van der Waals surface area contributed by atoms with Crippen molar-refractivity contribution in [1.82, 2.24) is 0 Å². The average Bonchev–Trinajstić information content (AvgIpc) is 2.71. The first-order valence-corrected chi connectivity index (χ1v) is 8.83. The number of nitro groups is 1. The van der Waals surface area contributed by atoms with E-state index in [0.29, 0.717) is 17.7 Å². The van der Waals surface area contributed by atoms with E-state index < -0.39 is 30.0 Å². The highest BCUT2D eigenvalue weighted by molar-refractivity contribution is 6.31. The lowest BCUT2D eigenvalue weighted by molar-refractivity contribution is -0.383. The zero-order valence-electron chi connectivity index (χ0n) is 15.3. The van der Waals surface area contributed by atoms with E-state index in [9.17, 15) is 24.5 Å². The van der Waals surface area contributed by atoms with Gasteiger partial charge in [0.1, 0.15) is 11.4 Å². The molecule has 0 saturated heterocycles. The van der Waals surface area contributed by atoms with Gasteiger partial charge in [0.25, 0.3) is 11.6 Å². The third-order valence-electron chi connectivity index (χ3n) is 3.65. The molecule has 9 nitrogen and oxygen atoms in total. The number of hydrogen-bond acceptors (Lipinski definition) is 7. The molecule has 0 aliphatic carbocycles. The van der Waals surface area contributed by atoms with Gasteiger partial charge in [-0.15, -0.1) is 0 Å². The fourth-order valence-electron chi connectivity index (χ4n) is 2.22. The summed E-state index contributed by atoms with van der Waals surface area (Å²) in [4.78, 5) is 45.4. The molecule has 0 aliphatic heterocycles. The van der Waals surface area contributed by atoms with Crippen molar-refractivity contribution in [2.75, 3.05) is 18.5 Å². The van der Waals surface area contributed by atoms with Gasteiger partial charge in [0.05, 0.1) is 4.92 Å². The molecule has 0 aromatic heterocycles. The molecule has 0 atom stereocenters. The lowest BCUT2D eigenvalue weighted by Crippen LogP contribution is -2.24. The highest BCUT2D eigenvalue weighted by atomic mass is 35.5. The minimum absolute atomic E-state index is 0.0112. The molecule has 0 heterocycles. The molecular formula is C19H17ClN2O7. The number of carbonyl (C=O) groups excluding carboxylic acids is 3. The molecule has 1 N–H and O–H groups in total. The van der Waals surface area contributed by atoms with Gasteiger partial charge in [-0.05, 0) is 36.4 Å². The van der Waals surface area contributed by atoms with Gasteiger partial charge in [-0.3, -0.25) is 19.7 Å². The Morgan fingerprint density at radius 3 is 2.41 bits per heavy atom. The van der Waals surface area contributed by atoms with Crippen molar-refractivity contribution < 1.29 is 28.8 Å². The Bertz CT molecular complexity index is 929. The van der Waals surface area contributed by atoms with E-state index in [4.69, 9.17) is 21.1 Å². The van der Waals surface area contributed by atoms with E-state index >= 15 is 0 Å². The number of anilines is 1. The standard InChI is InChI=1S/C19H17ClN2O7/c1-2-17(23)12-3-6-14(7-4-12)28-11-19(25)29-10-18(24)21-15-8-5-13(20)9-16(15)22(26)27/h3-9H,2,10-11H2,1H3,(H,21,24). The van der Waals surface area contributed by atoms with Crippen molar-refractivity contribution in [3.05, 3.63) is 63.2 Å². The Balaban J connectivity index is 1.81. The predicted molar refractivity (Wildman–Crippen MR) is 104 cm³/mol. The fourth-order valence-corrected chi connectivity index (χ4v) is 2.39. The molecule has 0 unspecified atom stereocenters. The molecule has 10 heteroatoms. The largest absolute Gasteiger partial charge is 0.482 e.